The summed E-state index contributed by atoms with van der Waals surface area (Å²) in [6.45, 7) is 6.07. The molecular formula is C20H25BrN2O4S. The number of carbonyl (C=O) groups excluding carboxylic acids is 1. The summed E-state index contributed by atoms with van der Waals surface area (Å²) in [7, 11) is -1.95. The lowest BCUT2D eigenvalue weighted by atomic mass is 10.1. The fraction of sp³-hybridized carbons (Fsp3) is 0.350. The number of hydrogen-bond donors (Lipinski definition) is 1. The maximum Gasteiger partial charge on any atom is 0.253 e. The molecule has 2 aromatic carbocycles. The van der Waals surface area contributed by atoms with Crippen LogP contribution in [0.15, 0.2) is 57.9 Å². The Morgan fingerprint density at radius 3 is 2.18 bits per heavy atom. The summed E-state index contributed by atoms with van der Waals surface area (Å²) in [4.78, 5) is 14.2. The third-order valence-electron chi connectivity index (χ3n) is 3.71. The average Bonchev–Trinajstić information content (AvgIpc) is 2.61. The molecule has 6 nitrogen and oxygen atoms in total. The van der Waals surface area contributed by atoms with Crippen LogP contribution in [0.4, 0.5) is 0 Å². The van der Waals surface area contributed by atoms with E-state index in [4.69, 9.17) is 4.74 Å². The number of amides is 1. The number of halogens is 1. The molecule has 1 N–H and O–H groups in total. The molecule has 0 unspecified atom stereocenters. The molecule has 0 fully saturated rings. The molecule has 2 aromatic rings. The van der Waals surface area contributed by atoms with Gasteiger partial charge in [-0.05, 0) is 69.3 Å². The lowest BCUT2D eigenvalue weighted by Crippen LogP contribution is -2.40. The number of carbonyl (C=O) groups is 1. The lowest BCUT2D eigenvalue weighted by molar-refractivity contribution is 0.0773. The van der Waals surface area contributed by atoms with Gasteiger partial charge in [0.1, 0.15) is 12.4 Å². The Hall–Kier alpha value is -1.90. The van der Waals surface area contributed by atoms with Crippen LogP contribution in [0.5, 0.6) is 5.75 Å². The molecule has 0 atom stereocenters. The number of likely N-dealkylation sites (N-methyl/N-ethyl adjacent to an activating group) is 1. The highest BCUT2D eigenvalue weighted by Crippen LogP contribution is 2.17. The highest BCUT2D eigenvalue weighted by molar-refractivity contribution is 9.10. The van der Waals surface area contributed by atoms with E-state index in [9.17, 15) is 13.2 Å². The first-order valence-corrected chi connectivity index (χ1v) is 11.0. The molecule has 8 heteroatoms. The van der Waals surface area contributed by atoms with Gasteiger partial charge in [0.05, 0.1) is 11.4 Å². The van der Waals surface area contributed by atoms with Gasteiger partial charge in [-0.25, -0.2) is 13.1 Å². The molecule has 0 aliphatic carbocycles. The maximum atomic E-state index is 12.5. The van der Waals surface area contributed by atoms with Crippen LogP contribution >= 0.6 is 15.9 Å². The van der Waals surface area contributed by atoms with Crippen LogP contribution in [-0.2, 0) is 10.0 Å². The van der Waals surface area contributed by atoms with Crippen molar-refractivity contribution in [2.24, 2.45) is 0 Å². The van der Waals surface area contributed by atoms with E-state index in [1.165, 1.54) is 29.2 Å². The summed E-state index contributed by atoms with van der Waals surface area (Å²) >= 11 is 3.36. The summed E-state index contributed by atoms with van der Waals surface area (Å²) in [5, 5.41) is 0. The summed E-state index contributed by atoms with van der Waals surface area (Å²) in [6, 6.07) is 13.4. The van der Waals surface area contributed by atoms with Gasteiger partial charge in [0.2, 0.25) is 10.0 Å². The minimum Gasteiger partial charge on any atom is -0.492 e. The van der Waals surface area contributed by atoms with Gasteiger partial charge >= 0.3 is 0 Å². The first kappa shape index (κ1) is 22.4. The van der Waals surface area contributed by atoms with Gasteiger partial charge in [-0.2, -0.15) is 0 Å². The minimum absolute atomic E-state index is 0.125. The Morgan fingerprint density at radius 1 is 1.07 bits per heavy atom. The molecule has 28 heavy (non-hydrogen) atoms. The second-order valence-electron chi connectivity index (χ2n) is 7.41. The van der Waals surface area contributed by atoms with E-state index >= 15 is 0 Å². The van der Waals surface area contributed by atoms with Crippen LogP contribution in [-0.4, -0.2) is 45.0 Å². The van der Waals surface area contributed by atoms with E-state index in [1.54, 1.807) is 27.8 Å². The van der Waals surface area contributed by atoms with Crippen LogP contribution in [0, 0.1) is 0 Å². The average molecular weight is 469 g/mol. The molecule has 0 aliphatic rings. The number of nitrogens with one attached hydrogen (secondary N) is 1. The smallest absolute Gasteiger partial charge is 0.253 e. The van der Waals surface area contributed by atoms with Crippen molar-refractivity contribution in [2.45, 2.75) is 31.2 Å². The van der Waals surface area contributed by atoms with Gasteiger partial charge < -0.3 is 9.64 Å². The van der Waals surface area contributed by atoms with Gasteiger partial charge in [0.25, 0.3) is 5.91 Å². The zero-order chi connectivity index (χ0) is 20.9. The first-order chi connectivity index (χ1) is 13.0. The van der Waals surface area contributed by atoms with Crippen molar-refractivity contribution < 1.29 is 17.9 Å². The second kappa shape index (κ2) is 9.07. The molecule has 0 aliphatic heterocycles. The Kier molecular flexibility index (Phi) is 7.25. The number of rotatable bonds is 7. The van der Waals surface area contributed by atoms with Crippen molar-refractivity contribution in [2.75, 3.05) is 20.2 Å². The van der Waals surface area contributed by atoms with Gasteiger partial charge in [0.15, 0.2) is 0 Å². The number of benzene rings is 2. The van der Waals surface area contributed by atoms with E-state index in [1.807, 2.05) is 24.3 Å². The number of nitrogens with zero attached hydrogens (tertiary/aromatic N) is 1. The molecule has 1 amide bonds. The summed E-state index contributed by atoms with van der Waals surface area (Å²) in [5.74, 6) is 0.525. The highest BCUT2D eigenvalue weighted by atomic mass is 79.9. The number of hydrogen-bond acceptors (Lipinski definition) is 4. The largest absolute Gasteiger partial charge is 0.492 e. The zero-order valence-corrected chi connectivity index (χ0v) is 18.8. The maximum absolute atomic E-state index is 12.5. The molecule has 0 heterocycles. The monoisotopic (exact) mass is 468 g/mol. The molecule has 0 bridgehead atoms. The fourth-order valence-electron chi connectivity index (χ4n) is 2.39. The summed E-state index contributed by atoms with van der Waals surface area (Å²) in [5.41, 5.74) is -0.164. The van der Waals surface area contributed by atoms with E-state index in [-0.39, 0.29) is 10.8 Å². The summed E-state index contributed by atoms with van der Waals surface area (Å²) < 4.78 is 33.8. The van der Waals surface area contributed by atoms with Crippen molar-refractivity contribution in [3.05, 3.63) is 58.6 Å². The molecule has 0 saturated heterocycles. The standard InChI is InChI=1S/C20H25BrN2O4S/c1-20(2,3)22-28(25,26)18-11-5-15(6-12-18)19(24)23(4)13-14-27-17-9-7-16(21)8-10-17/h5-12,22H,13-14H2,1-4H3. The van der Waals surface area contributed by atoms with Crippen molar-refractivity contribution in [1.29, 1.82) is 0 Å². The molecule has 0 saturated carbocycles. The number of ether oxygens (including phenoxy) is 1. The van der Waals surface area contributed by atoms with E-state index < -0.39 is 15.6 Å². The van der Waals surface area contributed by atoms with Crippen molar-refractivity contribution >= 4 is 31.9 Å². The Balaban J connectivity index is 1.95. The van der Waals surface area contributed by atoms with E-state index in [2.05, 4.69) is 20.7 Å². The third-order valence-corrected chi connectivity index (χ3v) is 6.01. The van der Waals surface area contributed by atoms with Gasteiger partial charge in [-0.15, -0.1) is 0 Å². The van der Waals surface area contributed by atoms with Crippen molar-refractivity contribution in [3.8, 4) is 5.75 Å². The SMILES string of the molecule is CN(CCOc1ccc(Br)cc1)C(=O)c1ccc(S(=O)(=O)NC(C)(C)C)cc1. The molecule has 0 aromatic heterocycles. The van der Waals surface area contributed by atoms with Crippen LogP contribution in [0.3, 0.4) is 0 Å². The second-order valence-corrected chi connectivity index (χ2v) is 10.0. The normalized spacial score (nSPS) is 11.9. The molecular weight excluding hydrogens is 444 g/mol. The Labute approximate surface area is 175 Å². The highest BCUT2D eigenvalue weighted by Gasteiger charge is 2.22. The van der Waals surface area contributed by atoms with Crippen LogP contribution < -0.4 is 9.46 Å². The predicted molar refractivity (Wildman–Crippen MR) is 113 cm³/mol. The van der Waals surface area contributed by atoms with Gasteiger partial charge in [-0.3, -0.25) is 4.79 Å². The van der Waals surface area contributed by atoms with Crippen LogP contribution in [0.1, 0.15) is 31.1 Å². The Bertz CT molecular complexity index is 905. The fourth-order valence-corrected chi connectivity index (χ4v) is 4.07. The topological polar surface area (TPSA) is 75.7 Å². The molecule has 152 valence electrons. The zero-order valence-electron chi connectivity index (χ0n) is 16.4. The number of sulfonamides is 1. The van der Waals surface area contributed by atoms with E-state index in [0.29, 0.717) is 18.7 Å². The predicted octanol–water partition coefficient (Wildman–Crippen LogP) is 3.68. The van der Waals surface area contributed by atoms with Gasteiger partial charge in [-0.1, -0.05) is 15.9 Å². The third kappa shape index (κ3) is 6.61. The first-order valence-electron chi connectivity index (χ1n) is 8.76. The van der Waals surface area contributed by atoms with Crippen LogP contribution in [0.25, 0.3) is 0 Å². The quantitative estimate of drug-likeness (QED) is 0.672. The summed E-state index contributed by atoms with van der Waals surface area (Å²) in [6.07, 6.45) is 0. The van der Waals surface area contributed by atoms with Crippen LogP contribution in [0.2, 0.25) is 0 Å². The molecule has 0 radical (unpaired) electrons. The van der Waals surface area contributed by atoms with Crippen molar-refractivity contribution in [1.82, 2.24) is 9.62 Å². The minimum atomic E-state index is -3.63. The molecule has 0 spiro atoms. The molecule has 2 rings (SSSR count). The van der Waals surface area contributed by atoms with E-state index in [0.717, 1.165) is 10.2 Å². The van der Waals surface area contributed by atoms with Gasteiger partial charge in [0, 0.05) is 22.6 Å². The Morgan fingerprint density at radius 2 is 1.64 bits per heavy atom. The van der Waals surface area contributed by atoms with Crippen molar-refractivity contribution in [3.63, 3.8) is 0 Å². The lowest BCUT2D eigenvalue weighted by Gasteiger charge is -2.21.